The van der Waals surface area contributed by atoms with Crippen molar-refractivity contribution in [1.29, 1.82) is 0 Å². The van der Waals surface area contributed by atoms with E-state index in [0.717, 1.165) is 18.8 Å². The molecule has 0 aromatic carbocycles. The van der Waals surface area contributed by atoms with Gasteiger partial charge in [-0.05, 0) is 37.4 Å². The van der Waals surface area contributed by atoms with E-state index in [1.165, 1.54) is 24.1 Å². The van der Waals surface area contributed by atoms with E-state index in [4.69, 9.17) is 0 Å². The van der Waals surface area contributed by atoms with Crippen LogP contribution < -0.4 is 5.32 Å². The SMILES string of the molecule is CCCCNCc1ccc(C(C)C)nc1C. The second-order valence-corrected chi connectivity index (χ2v) is 4.67. The summed E-state index contributed by atoms with van der Waals surface area (Å²) in [6, 6.07) is 4.35. The Balaban J connectivity index is 2.54. The highest BCUT2D eigenvalue weighted by atomic mass is 14.9. The summed E-state index contributed by atoms with van der Waals surface area (Å²) in [7, 11) is 0. The zero-order valence-corrected chi connectivity index (χ0v) is 11.0. The molecule has 0 aliphatic rings. The minimum Gasteiger partial charge on any atom is -0.313 e. The van der Waals surface area contributed by atoms with E-state index in [9.17, 15) is 0 Å². The minimum atomic E-state index is 0.515. The quantitative estimate of drug-likeness (QED) is 0.743. The van der Waals surface area contributed by atoms with Crippen LogP contribution in [-0.2, 0) is 6.54 Å². The predicted molar refractivity (Wildman–Crippen MR) is 69.7 cm³/mol. The number of nitrogens with zero attached hydrogens (tertiary/aromatic N) is 1. The fourth-order valence-electron chi connectivity index (χ4n) is 1.64. The molecule has 0 saturated carbocycles. The third-order valence-corrected chi connectivity index (χ3v) is 2.83. The van der Waals surface area contributed by atoms with Crippen molar-refractivity contribution in [3.05, 3.63) is 29.1 Å². The molecule has 1 heterocycles. The number of rotatable bonds is 6. The maximum Gasteiger partial charge on any atom is 0.0432 e. The number of unbranched alkanes of at least 4 members (excludes halogenated alkanes) is 1. The van der Waals surface area contributed by atoms with Crippen LogP contribution in [0.15, 0.2) is 12.1 Å². The van der Waals surface area contributed by atoms with Crippen LogP contribution in [0.5, 0.6) is 0 Å². The van der Waals surface area contributed by atoms with E-state index in [-0.39, 0.29) is 0 Å². The van der Waals surface area contributed by atoms with Gasteiger partial charge in [0, 0.05) is 17.9 Å². The van der Waals surface area contributed by atoms with Gasteiger partial charge in [-0.25, -0.2) is 0 Å². The second kappa shape index (κ2) is 6.64. The molecule has 1 rings (SSSR count). The molecule has 0 amide bonds. The number of pyridine rings is 1. The fraction of sp³-hybridized carbons (Fsp3) is 0.643. The normalized spacial score (nSPS) is 11.1. The molecule has 0 bridgehead atoms. The first-order valence-corrected chi connectivity index (χ1v) is 6.32. The molecule has 0 saturated heterocycles. The molecular weight excluding hydrogens is 196 g/mol. The van der Waals surface area contributed by atoms with Gasteiger partial charge in [-0.1, -0.05) is 33.3 Å². The summed E-state index contributed by atoms with van der Waals surface area (Å²) >= 11 is 0. The Morgan fingerprint density at radius 3 is 2.62 bits per heavy atom. The molecule has 0 radical (unpaired) electrons. The van der Waals surface area contributed by atoms with Gasteiger partial charge < -0.3 is 5.32 Å². The molecule has 0 unspecified atom stereocenters. The Morgan fingerprint density at radius 1 is 1.31 bits per heavy atom. The maximum absolute atomic E-state index is 4.63. The molecule has 90 valence electrons. The number of hydrogen-bond donors (Lipinski definition) is 1. The lowest BCUT2D eigenvalue weighted by Gasteiger charge is -2.10. The summed E-state index contributed by atoms with van der Waals surface area (Å²) < 4.78 is 0. The Bertz CT molecular complexity index is 319. The molecule has 0 aliphatic carbocycles. The summed E-state index contributed by atoms with van der Waals surface area (Å²) in [5.74, 6) is 0.515. The third-order valence-electron chi connectivity index (χ3n) is 2.83. The van der Waals surface area contributed by atoms with E-state index in [2.05, 4.69) is 50.1 Å². The first-order chi connectivity index (χ1) is 7.65. The van der Waals surface area contributed by atoms with Crippen LogP contribution in [0.25, 0.3) is 0 Å². The molecule has 0 fully saturated rings. The summed E-state index contributed by atoms with van der Waals surface area (Å²) in [6.07, 6.45) is 2.49. The van der Waals surface area contributed by atoms with Gasteiger partial charge in [0.15, 0.2) is 0 Å². The van der Waals surface area contributed by atoms with Crippen molar-refractivity contribution in [2.75, 3.05) is 6.54 Å². The third kappa shape index (κ3) is 3.93. The standard InChI is InChI=1S/C14H24N2/c1-5-6-9-15-10-13-7-8-14(11(2)3)16-12(13)4/h7-8,11,15H,5-6,9-10H2,1-4H3. The van der Waals surface area contributed by atoms with Gasteiger partial charge in [0.25, 0.3) is 0 Å². The highest BCUT2D eigenvalue weighted by molar-refractivity contribution is 5.23. The van der Waals surface area contributed by atoms with Crippen LogP contribution in [-0.4, -0.2) is 11.5 Å². The summed E-state index contributed by atoms with van der Waals surface area (Å²) in [5.41, 5.74) is 3.67. The Kier molecular flexibility index (Phi) is 5.47. The zero-order valence-electron chi connectivity index (χ0n) is 11.0. The van der Waals surface area contributed by atoms with Crippen LogP contribution in [0.4, 0.5) is 0 Å². The van der Waals surface area contributed by atoms with Gasteiger partial charge in [-0.2, -0.15) is 0 Å². The van der Waals surface area contributed by atoms with Crippen molar-refractivity contribution in [2.45, 2.75) is 53.0 Å². The lowest BCUT2D eigenvalue weighted by atomic mass is 10.1. The largest absolute Gasteiger partial charge is 0.313 e. The molecule has 0 spiro atoms. The summed E-state index contributed by atoms with van der Waals surface area (Å²) in [5, 5.41) is 3.45. The summed E-state index contributed by atoms with van der Waals surface area (Å²) in [6.45, 7) is 10.7. The highest BCUT2D eigenvalue weighted by Gasteiger charge is 2.04. The van der Waals surface area contributed by atoms with Gasteiger partial charge in [0.1, 0.15) is 0 Å². The Hall–Kier alpha value is -0.890. The van der Waals surface area contributed by atoms with Crippen molar-refractivity contribution in [3.8, 4) is 0 Å². The molecule has 0 atom stereocenters. The molecule has 2 heteroatoms. The average Bonchev–Trinajstić information content (AvgIpc) is 2.26. The molecule has 1 aromatic rings. The summed E-state index contributed by atoms with van der Waals surface area (Å²) in [4.78, 5) is 4.63. The first-order valence-electron chi connectivity index (χ1n) is 6.32. The van der Waals surface area contributed by atoms with Gasteiger partial charge >= 0.3 is 0 Å². The number of aryl methyl sites for hydroxylation is 1. The van der Waals surface area contributed by atoms with E-state index >= 15 is 0 Å². The van der Waals surface area contributed by atoms with Gasteiger partial charge in [0.2, 0.25) is 0 Å². The number of aromatic nitrogens is 1. The van der Waals surface area contributed by atoms with Crippen LogP contribution in [0.2, 0.25) is 0 Å². The zero-order chi connectivity index (χ0) is 12.0. The van der Waals surface area contributed by atoms with Crippen LogP contribution >= 0.6 is 0 Å². The molecule has 1 aromatic heterocycles. The minimum absolute atomic E-state index is 0.515. The molecule has 1 N–H and O–H groups in total. The predicted octanol–water partition coefficient (Wildman–Crippen LogP) is 3.40. The maximum atomic E-state index is 4.63. The van der Waals surface area contributed by atoms with Gasteiger partial charge in [-0.15, -0.1) is 0 Å². The van der Waals surface area contributed by atoms with E-state index < -0.39 is 0 Å². The Morgan fingerprint density at radius 2 is 2.06 bits per heavy atom. The van der Waals surface area contributed by atoms with Crippen molar-refractivity contribution in [3.63, 3.8) is 0 Å². The highest BCUT2D eigenvalue weighted by Crippen LogP contribution is 2.14. The van der Waals surface area contributed by atoms with Crippen molar-refractivity contribution in [2.24, 2.45) is 0 Å². The van der Waals surface area contributed by atoms with E-state index in [0.29, 0.717) is 5.92 Å². The van der Waals surface area contributed by atoms with E-state index in [1.54, 1.807) is 0 Å². The van der Waals surface area contributed by atoms with E-state index in [1.807, 2.05) is 0 Å². The number of nitrogens with one attached hydrogen (secondary N) is 1. The molecule has 2 nitrogen and oxygen atoms in total. The van der Waals surface area contributed by atoms with Gasteiger partial charge in [-0.3, -0.25) is 4.98 Å². The lowest BCUT2D eigenvalue weighted by molar-refractivity contribution is 0.637. The monoisotopic (exact) mass is 220 g/mol. The van der Waals surface area contributed by atoms with Crippen molar-refractivity contribution < 1.29 is 0 Å². The van der Waals surface area contributed by atoms with Crippen molar-refractivity contribution >= 4 is 0 Å². The smallest absolute Gasteiger partial charge is 0.0432 e. The lowest BCUT2D eigenvalue weighted by Crippen LogP contribution is -2.15. The molecule has 16 heavy (non-hydrogen) atoms. The van der Waals surface area contributed by atoms with Gasteiger partial charge in [0.05, 0.1) is 0 Å². The second-order valence-electron chi connectivity index (χ2n) is 4.67. The fourth-order valence-corrected chi connectivity index (χ4v) is 1.64. The number of hydrogen-bond acceptors (Lipinski definition) is 2. The average molecular weight is 220 g/mol. The van der Waals surface area contributed by atoms with Crippen LogP contribution in [0, 0.1) is 6.92 Å². The van der Waals surface area contributed by atoms with Crippen LogP contribution in [0.3, 0.4) is 0 Å². The molecular formula is C14H24N2. The van der Waals surface area contributed by atoms with Crippen LogP contribution in [0.1, 0.15) is 56.5 Å². The van der Waals surface area contributed by atoms with Crippen molar-refractivity contribution in [1.82, 2.24) is 10.3 Å². The Labute approximate surface area is 99.5 Å². The first kappa shape index (κ1) is 13.2. The topological polar surface area (TPSA) is 24.9 Å². The molecule has 0 aliphatic heterocycles.